The van der Waals surface area contributed by atoms with Crippen LogP contribution in [0, 0.1) is 25.2 Å². The van der Waals surface area contributed by atoms with Crippen molar-refractivity contribution in [3.63, 3.8) is 0 Å². The third kappa shape index (κ3) is 4.00. The van der Waals surface area contributed by atoms with Crippen LogP contribution in [0.15, 0.2) is 36.4 Å². The van der Waals surface area contributed by atoms with Crippen molar-refractivity contribution < 1.29 is 9.53 Å². The van der Waals surface area contributed by atoms with Gasteiger partial charge in [-0.15, -0.1) is 0 Å². The molecule has 0 atom stereocenters. The Morgan fingerprint density at radius 1 is 1.23 bits per heavy atom. The van der Waals surface area contributed by atoms with Crippen molar-refractivity contribution >= 4 is 23.2 Å². The molecule has 2 rings (SSSR count). The normalized spacial score (nSPS) is 9.91. The number of anilines is 1. The minimum atomic E-state index is -0.269. The third-order valence-corrected chi connectivity index (χ3v) is 3.67. The second-order valence-electron chi connectivity index (χ2n) is 4.90. The number of halogens is 1. The van der Waals surface area contributed by atoms with Crippen molar-refractivity contribution in [3.05, 3.63) is 58.1 Å². The van der Waals surface area contributed by atoms with E-state index in [-0.39, 0.29) is 12.5 Å². The predicted molar refractivity (Wildman–Crippen MR) is 86.2 cm³/mol. The summed E-state index contributed by atoms with van der Waals surface area (Å²) in [6.07, 6.45) is 0. The summed E-state index contributed by atoms with van der Waals surface area (Å²) in [7, 11) is 0. The van der Waals surface area contributed by atoms with Crippen molar-refractivity contribution in [2.24, 2.45) is 0 Å². The van der Waals surface area contributed by atoms with Crippen LogP contribution >= 0.6 is 11.6 Å². The standard InChI is InChI=1S/C17H15ClN2O2/c1-11-7-15(8-12(2)17(11)18)22-10-16(21)20-14-5-3-13(9-19)4-6-14/h3-8H,10H2,1-2H3,(H,20,21). The summed E-state index contributed by atoms with van der Waals surface area (Å²) < 4.78 is 5.48. The first-order chi connectivity index (χ1) is 10.5. The first-order valence-corrected chi connectivity index (χ1v) is 7.07. The smallest absolute Gasteiger partial charge is 0.262 e. The van der Waals surface area contributed by atoms with E-state index in [4.69, 9.17) is 21.6 Å². The van der Waals surface area contributed by atoms with Crippen molar-refractivity contribution in [2.45, 2.75) is 13.8 Å². The molecule has 0 aliphatic carbocycles. The molecule has 0 aliphatic heterocycles. The zero-order valence-corrected chi connectivity index (χ0v) is 13.1. The van der Waals surface area contributed by atoms with Crippen LogP contribution in [-0.4, -0.2) is 12.5 Å². The number of rotatable bonds is 4. The molecule has 0 aromatic heterocycles. The second kappa shape index (κ2) is 6.97. The van der Waals surface area contributed by atoms with Gasteiger partial charge in [0, 0.05) is 10.7 Å². The van der Waals surface area contributed by atoms with Gasteiger partial charge >= 0.3 is 0 Å². The van der Waals surface area contributed by atoms with E-state index in [1.165, 1.54) is 0 Å². The molecule has 112 valence electrons. The molecule has 2 aromatic rings. The average Bonchev–Trinajstić information content (AvgIpc) is 2.51. The van der Waals surface area contributed by atoms with E-state index in [1.807, 2.05) is 19.9 Å². The number of carbonyl (C=O) groups excluding carboxylic acids is 1. The molecule has 0 radical (unpaired) electrons. The quantitative estimate of drug-likeness (QED) is 0.932. The van der Waals surface area contributed by atoms with E-state index in [9.17, 15) is 4.79 Å². The number of hydrogen-bond donors (Lipinski definition) is 1. The molecule has 1 amide bonds. The SMILES string of the molecule is Cc1cc(OCC(=O)Nc2ccc(C#N)cc2)cc(C)c1Cl. The summed E-state index contributed by atoms with van der Waals surface area (Å²) in [5.74, 6) is 0.337. The molecule has 4 nitrogen and oxygen atoms in total. The van der Waals surface area contributed by atoms with E-state index >= 15 is 0 Å². The van der Waals surface area contributed by atoms with Gasteiger partial charge in [0.15, 0.2) is 6.61 Å². The molecule has 2 aromatic carbocycles. The first-order valence-electron chi connectivity index (χ1n) is 6.69. The van der Waals surface area contributed by atoms with Gasteiger partial charge in [-0.3, -0.25) is 4.79 Å². The summed E-state index contributed by atoms with van der Waals surface area (Å²) in [6.45, 7) is 3.68. The minimum absolute atomic E-state index is 0.0967. The van der Waals surface area contributed by atoms with Crippen LogP contribution in [0.25, 0.3) is 0 Å². The topological polar surface area (TPSA) is 62.1 Å². The molecule has 0 fully saturated rings. The molecule has 0 bridgehead atoms. The van der Waals surface area contributed by atoms with E-state index in [0.717, 1.165) is 11.1 Å². The van der Waals surface area contributed by atoms with Crippen molar-refractivity contribution in [2.75, 3.05) is 11.9 Å². The Bertz CT molecular complexity index is 710. The van der Waals surface area contributed by atoms with Crippen LogP contribution in [0.4, 0.5) is 5.69 Å². The highest BCUT2D eigenvalue weighted by atomic mass is 35.5. The maximum Gasteiger partial charge on any atom is 0.262 e. The number of nitrogens with one attached hydrogen (secondary N) is 1. The average molecular weight is 315 g/mol. The molecule has 22 heavy (non-hydrogen) atoms. The van der Waals surface area contributed by atoms with Gasteiger partial charge in [-0.1, -0.05) is 11.6 Å². The Labute approximate surface area is 134 Å². The van der Waals surface area contributed by atoms with E-state index in [2.05, 4.69) is 5.32 Å². The lowest BCUT2D eigenvalue weighted by molar-refractivity contribution is -0.118. The largest absolute Gasteiger partial charge is 0.484 e. The van der Waals surface area contributed by atoms with Gasteiger partial charge < -0.3 is 10.1 Å². The van der Waals surface area contributed by atoms with Gasteiger partial charge in [0.1, 0.15) is 5.75 Å². The summed E-state index contributed by atoms with van der Waals surface area (Å²) >= 11 is 6.09. The number of nitrogens with zero attached hydrogens (tertiary/aromatic N) is 1. The lowest BCUT2D eigenvalue weighted by Crippen LogP contribution is -2.20. The monoisotopic (exact) mass is 314 g/mol. The maximum atomic E-state index is 11.8. The fraction of sp³-hybridized carbons (Fsp3) is 0.176. The molecule has 5 heteroatoms. The highest BCUT2D eigenvalue weighted by molar-refractivity contribution is 6.32. The number of ether oxygens (including phenoxy) is 1. The second-order valence-corrected chi connectivity index (χ2v) is 5.28. The third-order valence-electron chi connectivity index (χ3n) is 3.08. The zero-order valence-electron chi connectivity index (χ0n) is 12.3. The molecule has 0 saturated heterocycles. The molecule has 1 N–H and O–H groups in total. The van der Waals surface area contributed by atoms with Crippen LogP contribution in [0.2, 0.25) is 5.02 Å². The van der Waals surface area contributed by atoms with Crippen molar-refractivity contribution in [1.82, 2.24) is 0 Å². The Kier molecular flexibility index (Phi) is 5.03. The fourth-order valence-corrected chi connectivity index (χ4v) is 2.07. The Morgan fingerprint density at radius 2 is 1.82 bits per heavy atom. The molecule has 0 aliphatic rings. The van der Waals surface area contributed by atoms with Crippen LogP contribution in [0.1, 0.15) is 16.7 Å². The summed E-state index contributed by atoms with van der Waals surface area (Å²) in [6, 6.07) is 12.2. The minimum Gasteiger partial charge on any atom is -0.484 e. The zero-order chi connectivity index (χ0) is 16.1. The maximum absolute atomic E-state index is 11.8. The highest BCUT2D eigenvalue weighted by Gasteiger charge is 2.07. The Balaban J connectivity index is 1.94. The first kappa shape index (κ1) is 15.9. The van der Waals surface area contributed by atoms with Crippen LogP contribution in [-0.2, 0) is 4.79 Å². The van der Waals surface area contributed by atoms with Crippen molar-refractivity contribution in [3.8, 4) is 11.8 Å². The van der Waals surface area contributed by atoms with E-state index in [1.54, 1.807) is 36.4 Å². The number of carbonyl (C=O) groups is 1. The lowest BCUT2D eigenvalue weighted by atomic mass is 10.1. The van der Waals surface area contributed by atoms with Gasteiger partial charge in [-0.25, -0.2) is 0 Å². The van der Waals surface area contributed by atoms with Crippen LogP contribution in [0.3, 0.4) is 0 Å². The van der Waals surface area contributed by atoms with Gasteiger partial charge in [-0.2, -0.15) is 5.26 Å². The number of amides is 1. The van der Waals surface area contributed by atoms with Crippen LogP contribution in [0.5, 0.6) is 5.75 Å². The highest BCUT2D eigenvalue weighted by Crippen LogP contribution is 2.25. The summed E-state index contributed by atoms with van der Waals surface area (Å²) in [5, 5.41) is 12.1. The molecular weight excluding hydrogens is 300 g/mol. The molecule has 0 saturated carbocycles. The molecule has 0 heterocycles. The van der Waals surface area contributed by atoms with Gasteiger partial charge in [-0.05, 0) is 61.4 Å². The molecular formula is C17H15ClN2O2. The molecule has 0 spiro atoms. The van der Waals surface area contributed by atoms with Gasteiger partial charge in [0.05, 0.1) is 11.6 Å². The Hall–Kier alpha value is -2.51. The number of nitriles is 1. The summed E-state index contributed by atoms with van der Waals surface area (Å²) in [4.78, 5) is 11.8. The van der Waals surface area contributed by atoms with E-state index in [0.29, 0.717) is 22.0 Å². The lowest BCUT2D eigenvalue weighted by Gasteiger charge is -2.10. The van der Waals surface area contributed by atoms with Gasteiger partial charge in [0.2, 0.25) is 0 Å². The Morgan fingerprint density at radius 3 is 2.36 bits per heavy atom. The van der Waals surface area contributed by atoms with E-state index < -0.39 is 0 Å². The number of aryl methyl sites for hydroxylation is 2. The number of benzene rings is 2. The number of hydrogen-bond acceptors (Lipinski definition) is 3. The van der Waals surface area contributed by atoms with Gasteiger partial charge in [0.25, 0.3) is 5.91 Å². The predicted octanol–water partition coefficient (Wildman–Crippen LogP) is 3.85. The van der Waals surface area contributed by atoms with Crippen molar-refractivity contribution in [1.29, 1.82) is 5.26 Å². The fourth-order valence-electron chi connectivity index (χ4n) is 1.96. The summed E-state index contributed by atoms with van der Waals surface area (Å²) in [5.41, 5.74) is 2.98. The molecule has 0 unspecified atom stereocenters. The van der Waals surface area contributed by atoms with Crippen LogP contribution < -0.4 is 10.1 Å².